The Morgan fingerprint density at radius 2 is 2.07 bits per heavy atom. The van der Waals surface area contributed by atoms with Gasteiger partial charge in [0.25, 0.3) is 0 Å². The Balaban J connectivity index is 4.05. The van der Waals surface area contributed by atoms with Gasteiger partial charge >= 0.3 is 0 Å². The molecule has 0 aliphatic carbocycles. The minimum Gasteiger partial charge on any atom is -0.133 e. The van der Waals surface area contributed by atoms with E-state index in [0.717, 1.165) is 6.42 Å². The smallest absolute Gasteiger partial charge is 0.00705 e. The SMILES string of the molecule is C=C=CCC(C)(C=C)C=CCCCCC. The molecule has 15 heavy (non-hydrogen) atoms. The molecular weight excluding hydrogens is 180 g/mol. The van der Waals surface area contributed by atoms with Crippen molar-refractivity contribution in [3.05, 3.63) is 43.2 Å². The standard InChI is InChI=1S/C15H24/c1-5-8-10-11-12-14-15(4,7-3)13-9-6-2/h7,9,12,14H,2-3,5,8,10-11,13H2,1,4H3. The van der Waals surface area contributed by atoms with E-state index >= 15 is 0 Å². The van der Waals surface area contributed by atoms with Crippen LogP contribution in [-0.4, -0.2) is 0 Å². The fraction of sp³-hybridized carbons (Fsp3) is 0.533. The van der Waals surface area contributed by atoms with E-state index in [1.165, 1.54) is 25.7 Å². The second-order valence-electron chi connectivity index (χ2n) is 4.22. The Bertz CT molecular complexity index is 241. The molecule has 0 N–H and O–H groups in total. The summed E-state index contributed by atoms with van der Waals surface area (Å²) in [4.78, 5) is 0. The summed E-state index contributed by atoms with van der Waals surface area (Å²) in [6.07, 6.45) is 14.5. The Hall–Kier alpha value is -1.00. The zero-order valence-electron chi connectivity index (χ0n) is 10.3. The Kier molecular flexibility index (Phi) is 7.77. The lowest BCUT2D eigenvalue weighted by Gasteiger charge is -2.18. The first-order valence-electron chi connectivity index (χ1n) is 5.84. The second-order valence-corrected chi connectivity index (χ2v) is 4.22. The average Bonchev–Trinajstić information content (AvgIpc) is 2.26. The van der Waals surface area contributed by atoms with Crippen LogP contribution in [-0.2, 0) is 0 Å². The van der Waals surface area contributed by atoms with Crippen molar-refractivity contribution in [3.63, 3.8) is 0 Å². The number of allylic oxidation sites excluding steroid dienone is 4. The molecular formula is C15H24. The van der Waals surface area contributed by atoms with E-state index in [2.05, 4.69) is 44.9 Å². The normalized spacial score (nSPS) is 14.5. The van der Waals surface area contributed by atoms with Gasteiger partial charge < -0.3 is 0 Å². The molecule has 0 aromatic heterocycles. The lowest BCUT2D eigenvalue weighted by molar-refractivity contribution is 0.560. The van der Waals surface area contributed by atoms with E-state index in [1.54, 1.807) is 0 Å². The van der Waals surface area contributed by atoms with Crippen molar-refractivity contribution >= 4 is 0 Å². The summed E-state index contributed by atoms with van der Waals surface area (Å²) in [5.41, 5.74) is 2.88. The molecule has 0 aliphatic heterocycles. The molecule has 0 heteroatoms. The van der Waals surface area contributed by atoms with Crippen molar-refractivity contribution in [2.75, 3.05) is 0 Å². The molecule has 0 fully saturated rings. The molecule has 1 atom stereocenters. The maximum Gasteiger partial charge on any atom is 0.00705 e. The largest absolute Gasteiger partial charge is 0.133 e. The zero-order chi connectivity index (χ0) is 11.6. The van der Waals surface area contributed by atoms with Crippen LogP contribution >= 0.6 is 0 Å². The predicted molar refractivity (Wildman–Crippen MR) is 69.9 cm³/mol. The van der Waals surface area contributed by atoms with Crippen LogP contribution in [0.2, 0.25) is 0 Å². The first-order chi connectivity index (χ1) is 7.18. The Morgan fingerprint density at radius 3 is 2.60 bits per heavy atom. The van der Waals surface area contributed by atoms with Crippen LogP contribution in [0.3, 0.4) is 0 Å². The molecule has 0 rings (SSSR count). The first kappa shape index (κ1) is 14.0. The molecule has 0 radical (unpaired) electrons. The number of hydrogen-bond donors (Lipinski definition) is 0. The number of rotatable bonds is 8. The van der Waals surface area contributed by atoms with Crippen LogP contribution in [0.15, 0.2) is 43.2 Å². The topological polar surface area (TPSA) is 0 Å². The molecule has 0 heterocycles. The molecule has 1 unspecified atom stereocenters. The van der Waals surface area contributed by atoms with Gasteiger partial charge in [-0.2, -0.15) is 0 Å². The van der Waals surface area contributed by atoms with Crippen LogP contribution in [0, 0.1) is 5.41 Å². The van der Waals surface area contributed by atoms with Gasteiger partial charge in [-0.3, -0.25) is 0 Å². The summed E-state index contributed by atoms with van der Waals surface area (Å²) in [6, 6.07) is 0. The number of hydrogen-bond acceptors (Lipinski definition) is 0. The van der Waals surface area contributed by atoms with Crippen molar-refractivity contribution in [2.45, 2.75) is 46.0 Å². The van der Waals surface area contributed by atoms with E-state index in [1.807, 2.05) is 12.2 Å². The van der Waals surface area contributed by atoms with E-state index in [4.69, 9.17) is 0 Å². The summed E-state index contributed by atoms with van der Waals surface area (Å²) >= 11 is 0. The highest BCUT2D eigenvalue weighted by Crippen LogP contribution is 2.25. The molecule has 0 amide bonds. The second kappa shape index (κ2) is 8.32. The summed E-state index contributed by atoms with van der Waals surface area (Å²) < 4.78 is 0. The Labute approximate surface area is 95.1 Å². The maximum absolute atomic E-state index is 3.88. The molecule has 0 bridgehead atoms. The minimum atomic E-state index is 0.0664. The third-order valence-electron chi connectivity index (χ3n) is 2.63. The van der Waals surface area contributed by atoms with E-state index in [9.17, 15) is 0 Å². The summed E-state index contributed by atoms with van der Waals surface area (Å²) in [5.74, 6) is 0. The lowest BCUT2D eigenvalue weighted by atomic mass is 9.86. The highest BCUT2D eigenvalue weighted by molar-refractivity contribution is 5.09. The highest BCUT2D eigenvalue weighted by Gasteiger charge is 2.13. The van der Waals surface area contributed by atoms with Gasteiger partial charge in [0, 0.05) is 5.41 Å². The fourth-order valence-electron chi connectivity index (χ4n) is 1.38. The van der Waals surface area contributed by atoms with Crippen LogP contribution < -0.4 is 0 Å². The minimum absolute atomic E-state index is 0.0664. The fourth-order valence-corrected chi connectivity index (χ4v) is 1.38. The van der Waals surface area contributed by atoms with Crippen LogP contribution in [0.5, 0.6) is 0 Å². The molecule has 0 spiro atoms. The lowest BCUT2D eigenvalue weighted by Crippen LogP contribution is -2.06. The Morgan fingerprint density at radius 1 is 1.33 bits per heavy atom. The van der Waals surface area contributed by atoms with Gasteiger partial charge in [0.2, 0.25) is 0 Å². The molecule has 0 saturated heterocycles. The van der Waals surface area contributed by atoms with Gasteiger partial charge in [-0.15, -0.1) is 12.3 Å². The van der Waals surface area contributed by atoms with Gasteiger partial charge in [0.05, 0.1) is 0 Å². The molecule has 84 valence electrons. The third-order valence-corrected chi connectivity index (χ3v) is 2.63. The maximum atomic E-state index is 3.88. The van der Waals surface area contributed by atoms with Crippen molar-refractivity contribution < 1.29 is 0 Å². The van der Waals surface area contributed by atoms with E-state index in [0.29, 0.717) is 0 Å². The van der Waals surface area contributed by atoms with Gasteiger partial charge in [-0.25, -0.2) is 0 Å². The highest BCUT2D eigenvalue weighted by atomic mass is 14.2. The molecule has 0 nitrogen and oxygen atoms in total. The molecule has 0 aliphatic rings. The predicted octanol–water partition coefficient (Wildman–Crippen LogP) is 5.05. The van der Waals surface area contributed by atoms with Crippen molar-refractivity contribution in [2.24, 2.45) is 5.41 Å². The van der Waals surface area contributed by atoms with Gasteiger partial charge in [-0.05, 0) is 25.3 Å². The summed E-state index contributed by atoms with van der Waals surface area (Å²) in [7, 11) is 0. The molecule has 0 aromatic rings. The quantitative estimate of drug-likeness (QED) is 0.295. The van der Waals surface area contributed by atoms with Gasteiger partial charge in [0.1, 0.15) is 0 Å². The van der Waals surface area contributed by atoms with E-state index < -0.39 is 0 Å². The van der Waals surface area contributed by atoms with Gasteiger partial charge in [0.15, 0.2) is 0 Å². The zero-order valence-corrected chi connectivity index (χ0v) is 10.3. The van der Waals surface area contributed by atoms with Gasteiger partial charge in [-0.1, -0.05) is 51.5 Å². The van der Waals surface area contributed by atoms with Crippen LogP contribution in [0.1, 0.15) is 46.0 Å². The van der Waals surface area contributed by atoms with E-state index in [-0.39, 0.29) is 5.41 Å². The molecule has 0 aromatic carbocycles. The number of unbranched alkanes of at least 4 members (excludes halogenated alkanes) is 3. The van der Waals surface area contributed by atoms with Crippen molar-refractivity contribution in [1.82, 2.24) is 0 Å². The van der Waals surface area contributed by atoms with Crippen molar-refractivity contribution in [1.29, 1.82) is 0 Å². The molecule has 0 saturated carbocycles. The summed E-state index contributed by atoms with van der Waals surface area (Å²) in [5, 5.41) is 0. The average molecular weight is 204 g/mol. The third kappa shape index (κ3) is 6.99. The summed E-state index contributed by atoms with van der Waals surface area (Å²) in [6.45, 7) is 11.9. The van der Waals surface area contributed by atoms with Crippen molar-refractivity contribution in [3.8, 4) is 0 Å². The van der Waals surface area contributed by atoms with Crippen LogP contribution in [0.25, 0.3) is 0 Å². The van der Waals surface area contributed by atoms with Crippen LogP contribution in [0.4, 0.5) is 0 Å². The monoisotopic (exact) mass is 204 g/mol. The first-order valence-corrected chi connectivity index (χ1v) is 5.84.